The minimum absolute atomic E-state index is 0.112. The van der Waals surface area contributed by atoms with Crippen molar-refractivity contribution < 1.29 is 27.5 Å². The summed E-state index contributed by atoms with van der Waals surface area (Å²) >= 11 is 0. The van der Waals surface area contributed by atoms with Gasteiger partial charge in [0, 0.05) is 17.8 Å². The molecule has 1 aromatic carbocycles. The first-order valence-electron chi connectivity index (χ1n) is 8.61. The van der Waals surface area contributed by atoms with Crippen molar-refractivity contribution in [2.45, 2.75) is 19.5 Å². The number of carbonyl (C=O) groups excluding carboxylic acids is 1. The molecule has 29 heavy (non-hydrogen) atoms. The second-order valence-electron chi connectivity index (χ2n) is 6.30. The van der Waals surface area contributed by atoms with E-state index in [4.69, 9.17) is 13.9 Å². The predicted octanol–water partition coefficient (Wildman–Crippen LogP) is 3.24. The van der Waals surface area contributed by atoms with Crippen molar-refractivity contribution in [2.24, 2.45) is 0 Å². The van der Waals surface area contributed by atoms with E-state index in [-0.39, 0.29) is 11.8 Å². The minimum Gasteiger partial charge on any atom is -0.497 e. The minimum atomic E-state index is -2.87. The van der Waals surface area contributed by atoms with Crippen LogP contribution in [0.4, 0.5) is 8.78 Å². The molecular weight excluding hydrogens is 386 g/mol. The number of hydrogen-bond acceptors (Lipinski definition) is 7. The number of halogens is 2. The molecule has 1 aliphatic rings. The molecule has 0 atom stereocenters. The number of fused-ring (bicyclic) bond motifs is 1. The number of amides is 1. The van der Waals surface area contributed by atoms with Crippen LogP contribution < -0.4 is 9.47 Å². The molecule has 0 saturated carbocycles. The zero-order valence-corrected chi connectivity index (χ0v) is 15.6. The molecule has 4 rings (SSSR count). The van der Waals surface area contributed by atoms with Crippen LogP contribution in [0.3, 0.4) is 0 Å². The summed E-state index contributed by atoms with van der Waals surface area (Å²) in [6.07, 6.45) is -1.44. The van der Waals surface area contributed by atoms with Gasteiger partial charge in [-0.15, -0.1) is 10.2 Å². The highest BCUT2D eigenvalue weighted by atomic mass is 19.3. The van der Waals surface area contributed by atoms with Gasteiger partial charge in [0.15, 0.2) is 0 Å². The number of alkyl halides is 2. The topological polar surface area (TPSA) is 90.6 Å². The molecule has 3 heterocycles. The molecule has 0 N–H and O–H groups in total. The Labute approximate surface area is 164 Å². The van der Waals surface area contributed by atoms with Gasteiger partial charge in [-0.3, -0.25) is 9.78 Å². The van der Waals surface area contributed by atoms with Gasteiger partial charge in [0.05, 0.1) is 44.1 Å². The van der Waals surface area contributed by atoms with Gasteiger partial charge in [0.25, 0.3) is 11.8 Å². The first kappa shape index (κ1) is 18.8. The van der Waals surface area contributed by atoms with Crippen LogP contribution in [-0.4, -0.2) is 40.2 Å². The quantitative estimate of drug-likeness (QED) is 0.625. The molecule has 0 saturated heterocycles. The van der Waals surface area contributed by atoms with Crippen LogP contribution in [0, 0.1) is 0 Å². The monoisotopic (exact) mass is 402 g/mol. The average molecular weight is 402 g/mol. The Hall–Kier alpha value is -3.56. The second-order valence-corrected chi connectivity index (χ2v) is 6.30. The third-order valence-electron chi connectivity index (χ3n) is 4.56. The lowest BCUT2D eigenvalue weighted by atomic mass is 10.1. The number of methoxy groups -OCH3 is 2. The molecule has 1 amide bonds. The van der Waals surface area contributed by atoms with E-state index in [1.165, 1.54) is 12.3 Å². The van der Waals surface area contributed by atoms with Gasteiger partial charge < -0.3 is 18.8 Å². The van der Waals surface area contributed by atoms with E-state index < -0.39 is 12.3 Å². The maximum absolute atomic E-state index is 12.9. The van der Waals surface area contributed by atoms with Crippen LogP contribution in [-0.2, 0) is 13.1 Å². The highest BCUT2D eigenvalue weighted by Crippen LogP contribution is 2.31. The van der Waals surface area contributed by atoms with Crippen LogP contribution in [0.25, 0.3) is 11.5 Å². The van der Waals surface area contributed by atoms with Crippen molar-refractivity contribution in [3.8, 4) is 23.0 Å². The van der Waals surface area contributed by atoms with Crippen LogP contribution >= 0.6 is 0 Å². The molecule has 0 fully saturated rings. The van der Waals surface area contributed by atoms with Gasteiger partial charge in [0.1, 0.15) is 11.5 Å². The lowest BCUT2D eigenvalue weighted by Crippen LogP contribution is -2.23. The third-order valence-corrected chi connectivity index (χ3v) is 4.56. The van der Waals surface area contributed by atoms with E-state index in [1.807, 2.05) is 6.07 Å². The molecule has 0 radical (unpaired) electrons. The van der Waals surface area contributed by atoms with Crippen LogP contribution in [0.15, 0.2) is 34.9 Å². The zero-order chi connectivity index (χ0) is 20.5. The average Bonchev–Trinajstić information content (AvgIpc) is 3.34. The van der Waals surface area contributed by atoms with E-state index in [9.17, 15) is 13.6 Å². The lowest BCUT2D eigenvalue weighted by Gasteiger charge is -2.18. The first-order valence-corrected chi connectivity index (χ1v) is 8.61. The standard InChI is InChI=1S/C19H16F2N4O4/c1-27-12-4-3-10(15(6-12)28-2)8-25-9-14-13(19(25)26)5-11(7-22-14)17-23-24-18(29-17)16(20)21/h3-7,16H,8-9H2,1-2H3. The molecule has 150 valence electrons. The van der Waals surface area contributed by atoms with E-state index in [0.717, 1.165) is 5.56 Å². The highest BCUT2D eigenvalue weighted by molar-refractivity contribution is 5.98. The van der Waals surface area contributed by atoms with E-state index in [0.29, 0.717) is 41.4 Å². The number of pyridine rings is 1. The lowest BCUT2D eigenvalue weighted by molar-refractivity contribution is 0.0765. The number of carbonyl (C=O) groups is 1. The van der Waals surface area contributed by atoms with Crippen molar-refractivity contribution in [1.82, 2.24) is 20.1 Å². The summed E-state index contributed by atoms with van der Waals surface area (Å²) in [4.78, 5) is 18.7. The predicted molar refractivity (Wildman–Crippen MR) is 95.6 cm³/mol. The van der Waals surface area contributed by atoms with E-state index in [1.54, 1.807) is 31.3 Å². The Morgan fingerprint density at radius 2 is 2.03 bits per heavy atom. The molecule has 0 aliphatic carbocycles. The Morgan fingerprint density at radius 3 is 2.72 bits per heavy atom. The maximum Gasteiger partial charge on any atom is 0.314 e. The van der Waals surface area contributed by atoms with Crippen molar-refractivity contribution >= 4 is 5.91 Å². The van der Waals surface area contributed by atoms with Gasteiger partial charge >= 0.3 is 6.43 Å². The van der Waals surface area contributed by atoms with Crippen molar-refractivity contribution in [1.29, 1.82) is 0 Å². The zero-order valence-electron chi connectivity index (χ0n) is 15.6. The summed E-state index contributed by atoms with van der Waals surface area (Å²) in [5.41, 5.74) is 2.07. The first-order chi connectivity index (χ1) is 14.0. The number of hydrogen-bond donors (Lipinski definition) is 0. The molecule has 2 aromatic heterocycles. The number of aromatic nitrogens is 3. The Bertz CT molecular complexity index is 1070. The van der Waals surface area contributed by atoms with Gasteiger partial charge in [-0.2, -0.15) is 8.78 Å². The largest absolute Gasteiger partial charge is 0.497 e. The van der Waals surface area contributed by atoms with Crippen molar-refractivity contribution in [3.05, 3.63) is 53.2 Å². The Balaban J connectivity index is 1.57. The smallest absolute Gasteiger partial charge is 0.314 e. The Kier molecular flexibility index (Phi) is 4.83. The number of rotatable bonds is 6. The number of nitrogens with zero attached hydrogens (tertiary/aromatic N) is 4. The molecule has 0 bridgehead atoms. The van der Waals surface area contributed by atoms with Crippen LogP contribution in [0.5, 0.6) is 11.5 Å². The SMILES string of the molecule is COc1ccc(CN2Cc3ncc(-c4nnc(C(F)F)o4)cc3C2=O)c(OC)c1. The molecule has 10 heteroatoms. The van der Waals surface area contributed by atoms with E-state index in [2.05, 4.69) is 15.2 Å². The molecular formula is C19H16F2N4O4. The maximum atomic E-state index is 12.9. The number of ether oxygens (including phenoxy) is 2. The van der Waals surface area contributed by atoms with Gasteiger partial charge in [-0.05, 0) is 18.2 Å². The van der Waals surface area contributed by atoms with Crippen LogP contribution in [0.2, 0.25) is 0 Å². The molecule has 0 spiro atoms. The molecule has 0 unspecified atom stereocenters. The fourth-order valence-electron chi connectivity index (χ4n) is 3.10. The highest BCUT2D eigenvalue weighted by Gasteiger charge is 2.30. The fourth-order valence-corrected chi connectivity index (χ4v) is 3.10. The summed E-state index contributed by atoms with van der Waals surface area (Å²) in [5, 5.41) is 6.89. The Morgan fingerprint density at radius 1 is 1.21 bits per heavy atom. The molecule has 1 aliphatic heterocycles. The summed E-state index contributed by atoms with van der Waals surface area (Å²) < 4.78 is 40.8. The van der Waals surface area contributed by atoms with Gasteiger partial charge in [-0.25, -0.2) is 0 Å². The summed E-state index contributed by atoms with van der Waals surface area (Å²) in [6, 6.07) is 6.89. The fraction of sp³-hybridized carbons (Fsp3) is 0.263. The summed E-state index contributed by atoms with van der Waals surface area (Å²) in [6.45, 7) is 0.629. The number of benzene rings is 1. The van der Waals surface area contributed by atoms with Crippen molar-refractivity contribution in [2.75, 3.05) is 14.2 Å². The van der Waals surface area contributed by atoms with Gasteiger partial charge in [0.2, 0.25) is 5.89 Å². The third kappa shape index (κ3) is 3.48. The summed E-state index contributed by atoms with van der Waals surface area (Å²) in [7, 11) is 3.11. The van der Waals surface area contributed by atoms with Gasteiger partial charge in [-0.1, -0.05) is 0 Å². The summed E-state index contributed by atoms with van der Waals surface area (Å²) in [5.74, 6) is 0.127. The normalized spacial score (nSPS) is 13.1. The molecule has 8 nitrogen and oxygen atoms in total. The van der Waals surface area contributed by atoms with Crippen molar-refractivity contribution in [3.63, 3.8) is 0 Å². The van der Waals surface area contributed by atoms with E-state index >= 15 is 0 Å². The van der Waals surface area contributed by atoms with Crippen LogP contribution in [0.1, 0.15) is 33.9 Å². The molecule has 3 aromatic rings. The second kappa shape index (κ2) is 7.46.